The van der Waals surface area contributed by atoms with Gasteiger partial charge in [-0.2, -0.15) is 5.26 Å². The van der Waals surface area contributed by atoms with Crippen LogP contribution < -0.4 is 0 Å². The Morgan fingerprint density at radius 1 is 1.57 bits per heavy atom. The van der Waals surface area contributed by atoms with Gasteiger partial charge < -0.3 is 0 Å². The third-order valence-corrected chi connectivity index (χ3v) is 2.85. The largest absolute Gasteiger partial charge is 0.192 e. The van der Waals surface area contributed by atoms with Crippen LogP contribution in [0.1, 0.15) is 11.1 Å². The molecule has 1 aromatic rings. The van der Waals surface area contributed by atoms with Gasteiger partial charge in [-0.1, -0.05) is 45.7 Å². The van der Waals surface area contributed by atoms with Crippen LogP contribution >= 0.6 is 27.5 Å². The Hall–Kier alpha value is -0.780. The van der Waals surface area contributed by atoms with Crippen molar-refractivity contribution in [3.05, 3.63) is 46.5 Å². The van der Waals surface area contributed by atoms with E-state index in [1.54, 1.807) is 12.1 Å². The van der Waals surface area contributed by atoms with Crippen molar-refractivity contribution < 1.29 is 0 Å². The monoisotopic (exact) mass is 269 g/mol. The SMILES string of the molecule is C=C(CBr)Cc1ccc(Cl)cc1C#N. The van der Waals surface area contributed by atoms with Crippen molar-refractivity contribution >= 4 is 27.5 Å². The molecule has 0 unspecified atom stereocenters. The first-order chi connectivity index (χ1) is 6.67. The first kappa shape index (κ1) is 11.3. The quantitative estimate of drug-likeness (QED) is 0.607. The Balaban J connectivity index is 2.98. The van der Waals surface area contributed by atoms with Crippen LogP contribution in [0.4, 0.5) is 0 Å². The Morgan fingerprint density at radius 3 is 2.86 bits per heavy atom. The summed E-state index contributed by atoms with van der Waals surface area (Å²) >= 11 is 9.11. The minimum atomic E-state index is 0.592. The maximum absolute atomic E-state index is 8.88. The predicted molar refractivity (Wildman–Crippen MR) is 62.8 cm³/mol. The molecule has 0 saturated heterocycles. The predicted octanol–water partition coefficient (Wildman–Crippen LogP) is 3.71. The van der Waals surface area contributed by atoms with Crippen molar-refractivity contribution in [2.45, 2.75) is 6.42 Å². The van der Waals surface area contributed by atoms with Gasteiger partial charge in [0.15, 0.2) is 0 Å². The zero-order chi connectivity index (χ0) is 10.6. The molecular formula is C11H9BrClN. The van der Waals surface area contributed by atoms with Gasteiger partial charge in [0, 0.05) is 10.4 Å². The van der Waals surface area contributed by atoms with Crippen molar-refractivity contribution in [3.63, 3.8) is 0 Å². The second-order valence-electron chi connectivity index (χ2n) is 2.97. The molecule has 0 N–H and O–H groups in total. The van der Waals surface area contributed by atoms with Crippen LogP contribution in [-0.4, -0.2) is 5.33 Å². The molecule has 0 amide bonds. The van der Waals surface area contributed by atoms with Crippen molar-refractivity contribution in [1.82, 2.24) is 0 Å². The van der Waals surface area contributed by atoms with Gasteiger partial charge in [0.05, 0.1) is 11.6 Å². The first-order valence-corrected chi connectivity index (χ1v) is 5.58. The van der Waals surface area contributed by atoms with Crippen molar-refractivity contribution in [3.8, 4) is 6.07 Å². The molecule has 0 atom stereocenters. The lowest BCUT2D eigenvalue weighted by Gasteiger charge is -2.04. The number of hydrogen-bond donors (Lipinski definition) is 0. The zero-order valence-electron chi connectivity index (χ0n) is 7.56. The molecule has 0 fully saturated rings. The summed E-state index contributed by atoms with van der Waals surface area (Å²) in [5.41, 5.74) is 2.64. The number of hydrogen-bond acceptors (Lipinski definition) is 1. The number of alkyl halides is 1. The molecule has 1 aromatic carbocycles. The Morgan fingerprint density at radius 2 is 2.29 bits per heavy atom. The second kappa shape index (κ2) is 5.19. The van der Waals surface area contributed by atoms with Gasteiger partial charge in [-0.05, 0) is 24.1 Å². The molecule has 0 aliphatic carbocycles. The summed E-state index contributed by atoms with van der Waals surface area (Å²) in [4.78, 5) is 0. The number of nitriles is 1. The van der Waals surface area contributed by atoms with Gasteiger partial charge in [-0.25, -0.2) is 0 Å². The van der Waals surface area contributed by atoms with Crippen LogP contribution in [0.3, 0.4) is 0 Å². The molecule has 0 saturated carbocycles. The summed E-state index contributed by atoms with van der Waals surface area (Å²) in [5, 5.41) is 10.2. The summed E-state index contributed by atoms with van der Waals surface area (Å²) in [6.07, 6.45) is 0.714. The molecule has 0 aliphatic rings. The smallest absolute Gasteiger partial charge is 0.0995 e. The summed E-state index contributed by atoms with van der Waals surface area (Å²) < 4.78 is 0. The van der Waals surface area contributed by atoms with E-state index in [0.717, 1.165) is 16.5 Å². The maximum Gasteiger partial charge on any atom is 0.0995 e. The molecule has 0 radical (unpaired) electrons. The molecule has 0 aliphatic heterocycles. The second-order valence-corrected chi connectivity index (χ2v) is 3.97. The highest BCUT2D eigenvalue weighted by atomic mass is 79.9. The molecule has 1 nitrogen and oxygen atoms in total. The van der Waals surface area contributed by atoms with Crippen molar-refractivity contribution in [2.24, 2.45) is 0 Å². The molecule has 72 valence electrons. The molecule has 0 heterocycles. The highest BCUT2D eigenvalue weighted by Crippen LogP contribution is 2.18. The van der Waals surface area contributed by atoms with E-state index in [1.807, 2.05) is 6.07 Å². The molecule has 3 heteroatoms. The third kappa shape index (κ3) is 2.87. The standard InChI is InChI=1S/C11H9BrClN/c1-8(6-12)4-9-2-3-11(13)5-10(9)7-14/h2-3,5H,1,4,6H2. The number of benzene rings is 1. The van der Waals surface area contributed by atoms with Gasteiger partial charge in [0.25, 0.3) is 0 Å². The van der Waals surface area contributed by atoms with Gasteiger partial charge in [0.2, 0.25) is 0 Å². The van der Waals surface area contributed by atoms with Gasteiger partial charge in [-0.15, -0.1) is 0 Å². The van der Waals surface area contributed by atoms with Gasteiger partial charge in [0.1, 0.15) is 0 Å². The Labute approximate surface area is 97.1 Å². The topological polar surface area (TPSA) is 23.8 Å². The molecule has 0 spiro atoms. The van der Waals surface area contributed by atoms with E-state index >= 15 is 0 Å². The van der Waals surface area contributed by atoms with Crippen LogP contribution in [0.25, 0.3) is 0 Å². The Kier molecular flexibility index (Phi) is 4.19. The number of halogens is 2. The van der Waals surface area contributed by atoms with E-state index in [0.29, 0.717) is 17.0 Å². The molecule has 1 rings (SSSR count). The Bertz CT molecular complexity index is 393. The number of allylic oxidation sites excluding steroid dienone is 1. The fraction of sp³-hybridized carbons (Fsp3) is 0.182. The first-order valence-electron chi connectivity index (χ1n) is 4.08. The van der Waals surface area contributed by atoms with Gasteiger partial charge in [-0.3, -0.25) is 0 Å². The highest BCUT2D eigenvalue weighted by molar-refractivity contribution is 9.09. The summed E-state index contributed by atoms with van der Waals surface area (Å²) in [6.45, 7) is 3.88. The molecule has 0 bridgehead atoms. The number of nitrogens with zero attached hydrogens (tertiary/aromatic N) is 1. The number of rotatable bonds is 3. The fourth-order valence-electron chi connectivity index (χ4n) is 1.12. The van der Waals surface area contributed by atoms with Crippen LogP contribution in [0, 0.1) is 11.3 Å². The summed E-state index contributed by atoms with van der Waals surface area (Å²) in [5.74, 6) is 0. The van der Waals surface area contributed by atoms with Crippen LogP contribution in [0.5, 0.6) is 0 Å². The summed E-state index contributed by atoms with van der Waals surface area (Å²) in [7, 11) is 0. The van der Waals surface area contributed by atoms with Crippen LogP contribution in [0.2, 0.25) is 5.02 Å². The molecule has 14 heavy (non-hydrogen) atoms. The van der Waals surface area contributed by atoms with Crippen molar-refractivity contribution in [2.75, 3.05) is 5.33 Å². The van der Waals surface area contributed by atoms with E-state index in [-0.39, 0.29) is 0 Å². The van der Waals surface area contributed by atoms with E-state index < -0.39 is 0 Å². The van der Waals surface area contributed by atoms with Crippen molar-refractivity contribution in [1.29, 1.82) is 5.26 Å². The van der Waals surface area contributed by atoms with E-state index in [4.69, 9.17) is 16.9 Å². The lowest BCUT2D eigenvalue weighted by molar-refractivity contribution is 1.15. The van der Waals surface area contributed by atoms with E-state index in [9.17, 15) is 0 Å². The highest BCUT2D eigenvalue weighted by Gasteiger charge is 2.03. The zero-order valence-corrected chi connectivity index (χ0v) is 9.90. The van der Waals surface area contributed by atoms with E-state index in [2.05, 4.69) is 28.6 Å². The van der Waals surface area contributed by atoms with Crippen LogP contribution in [-0.2, 0) is 6.42 Å². The average molecular weight is 271 g/mol. The minimum absolute atomic E-state index is 0.592. The van der Waals surface area contributed by atoms with Crippen LogP contribution in [0.15, 0.2) is 30.4 Å². The third-order valence-electron chi connectivity index (χ3n) is 1.82. The molecule has 0 aromatic heterocycles. The van der Waals surface area contributed by atoms with E-state index in [1.165, 1.54) is 0 Å². The average Bonchev–Trinajstić information content (AvgIpc) is 2.20. The normalized spacial score (nSPS) is 9.50. The minimum Gasteiger partial charge on any atom is -0.192 e. The maximum atomic E-state index is 8.88. The van der Waals surface area contributed by atoms with Gasteiger partial charge >= 0.3 is 0 Å². The lowest BCUT2D eigenvalue weighted by Crippen LogP contribution is -1.93. The fourth-order valence-corrected chi connectivity index (χ4v) is 1.49. The summed E-state index contributed by atoms with van der Waals surface area (Å²) in [6, 6.07) is 7.46. The molecular weight excluding hydrogens is 261 g/mol. The lowest BCUT2D eigenvalue weighted by atomic mass is 10.0.